The van der Waals surface area contributed by atoms with E-state index >= 15 is 0 Å². The number of aromatic nitrogens is 2. The van der Waals surface area contributed by atoms with Gasteiger partial charge in [-0.15, -0.1) is 0 Å². The van der Waals surface area contributed by atoms with Crippen molar-refractivity contribution in [3.63, 3.8) is 0 Å². The van der Waals surface area contributed by atoms with Crippen LogP contribution in [0.3, 0.4) is 0 Å². The van der Waals surface area contributed by atoms with Crippen LogP contribution in [0.4, 0.5) is 5.95 Å². The van der Waals surface area contributed by atoms with Crippen molar-refractivity contribution in [3.8, 4) is 0 Å². The number of anilines is 1. The number of rotatable bonds is 4. The first-order chi connectivity index (χ1) is 8.49. The molecule has 0 unspecified atom stereocenters. The molecule has 0 bridgehead atoms. The lowest BCUT2D eigenvalue weighted by Crippen LogP contribution is -2.29. The summed E-state index contributed by atoms with van der Waals surface area (Å²) in [4.78, 5) is 8.86. The van der Waals surface area contributed by atoms with Crippen LogP contribution in [-0.2, 0) is 0 Å². The van der Waals surface area contributed by atoms with Gasteiger partial charge in [0.05, 0.1) is 5.52 Å². The molecule has 0 aliphatic rings. The summed E-state index contributed by atoms with van der Waals surface area (Å²) in [6.07, 6.45) is 1.87. The minimum atomic E-state index is 0.231. The zero-order chi connectivity index (χ0) is 13.2. The Bertz CT molecular complexity index is 532. The van der Waals surface area contributed by atoms with Gasteiger partial charge in [0.25, 0.3) is 0 Å². The van der Waals surface area contributed by atoms with Gasteiger partial charge in [0.15, 0.2) is 0 Å². The quantitative estimate of drug-likeness (QED) is 0.889. The summed E-state index contributed by atoms with van der Waals surface area (Å²) >= 11 is 0. The van der Waals surface area contributed by atoms with E-state index in [-0.39, 0.29) is 5.41 Å². The molecule has 2 aromatic rings. The minimum absolute atomic E-state index is 0.231. The van der Waals surface area contributed by atoms with Crippen LogP contribution in [0.1, 0.15) is 27.7 Å². The largest absolute Gasteiger partial charge is 0.354 e. The van der Waals surface area contributed by atoms with E-state index in [1.54, 1.807) is 0 Å². The zero-order valence-corrected chi connectivity index (χ0v) is 11.6. The zero-order valence-electron chi connectivity index (χ0n) is 11.6. The molecule has 1 aromatic carbocycles. The highest BCUT2D eigenvalue weighted by molar-refractivity contribution is 5.78. The topological polar surface area (TPSA) is 37.8 Å². The summed E-state index contributed by atoms with van der Waals surface area (Å²) in [6, 6.07) is 8.03. The van der Waals surface area contributed by atoms with Crippen molar-refractivity contribution in [3.05, 3.63) is 30.5 Å². The van der Waals surface area contributed by atoms with E-state index in [1.807, 2.05) is 30.5 Å². The fourth-order valence-electron chi connectivity index (χ4n) is 1.57. The van der Waals surface area contributed by atoms with Gasteiger partial charge >= 0.3 is 0 Å². The number of para-hydroxylation sites is 1. The summed E-state index contributed by atoms with van der Waals surface area (Å²) in [6.45, 7) is 9.87. The Morgan fingerprint density at radius 2 is 1.94 bits per heavy atom. The lowest BCUT2D eigenvalue weighted by Gasteiger charge is -2.29. The third-order valence-corrected chi connectivity index (χ3v) is 3.75. The number of fused-ring (bicyclic) bond motifs is 1. The molecule has 1 N–H and O–H groups in total. The molecule has 18 heavy (non-hydrogen) atoms. The molecule has 0 fully saturated rings. The van der Waals surface area contributed by atoms with Gasteiger partial charge in [-0.1, -0.05) is 45.9 Å². The van der Waals surface area contributed by atoms with Crippen LogP contribution in [0.25, 0.3) is 10.9 Å². The molecule has 0 spiro atoms. The smallest absolute Gasteiger partial charge is 0.223 e. The molecule has 0 radical (unpaired) electrons. The van der Waals surface area contributed by atoms with E-state index in [2.05, 4.69) is 43.0 Å². The van der Waals surface area contributed by atoms with E-state index < -0.39 is 0 Å². The van der Waals surface area contributed by atoms with E-state index in [0.29, 0.717) is 11.9 Å². The molecule has 1 aromatic heterocycles. The van der Waals surface area contributed by atoms with Crippen LogP contribution in [-0.4, -0.2) is 16.5 Å². The number of benzene rings is 1. The van der Waals surface area contributed by atoms with Crippen molar-refractivity contribution in [2.24, 2.45) is 11.3 Å². The van der Waals surface area contributed by atoms with E-state index in [0.717, 1.165) is 17.4 Å². The molecule has 1 heterocycles. The van der Waals surface area contributed by atoms with Crippen molar-refractivity contribution >= 4 is 16.9 Å². The Kier molecular flexibility index (Phi) is 3.50. The van der Waals surface area contributed by atoms with E-state index in [1.165, 1.54) is 0 Å². The normalized spacial score (nSPS) is 12.1. The molecule has 0 amide bonds. The molecule has 3 heteroatoms. The average Bonchev–Trinajstić information content (AvgIpc) is 2.36. The Labute approximate surface area is 109 Å². The highest BCUT2D eigenvalue weighted by Gasteiger charge is 2.22. The van der Waals surface area contributed by atoms with Crippen LogP contribution in [0.15, 0.2) is 30.5 Å². The molecular weight excluding hydrogens is 222 g/mol. The SMILES string of the molecule is CC(C)C(C)(C)CNc1ncc2ccccc2n1. The van der Waals surface area contributed by atoms with Gasteiger partial charge in [-0.2, -0.15) is 0 Å². The molecular formula is C15H21N3. The number of nitrogens with one attached hydrogen (secondary N) is 1. The monoisotopic (exact) mass is 243 g/mol. The highest BCUT2D eigenvalue weighted by atomic mass is 15.1. The van der Waals surface area contributed by atoms with Crippen LogP contribution in [0, 0.1) is 11.3 Å². The average molecular weight is 243 g/mol. The maximum atomic E-state index is 4.52. The second kappa shape index (κ2) is 4.92. The van der Waals surface area contributed by atoms with Gasteiger partial charge in [0.1, 0.15) is 0 Å². The Balaban J connectivity index is 2.13. The summed E-state index contributed by atoms with van der Waals surface area (Å²) in [7, 11) is 0. The summed E-state index contributed by atoms with van der Waals surface area (Å²) < 4.78 is 0. The molecule has 3 nitrogen and oxygen atoms in total. The maximum Gasteiger partial charge on any atom is 0.223 e. The molecule has 0 atom stereocenters. The Morgan fingerprint density at radius 1 is 1.22 bits per heavy atom. The van der Waals surface area contributed by atoms with Crippen molar-refractivity contribution in [1.29, 1.82) is 0 Å². The van der Waals surface area contributed by atoms with Crippen LogP contribution in [0.2, 0.25) is 0 Å². The molecule has 0 aliphatic carbocycles. The minimum Gasteiger partial charge on any atom is -0.354 e. The summed E-state index contributed by atoms with van der Waals surface area (Å²) in [5, 5.41) is 4.41. The lowest BCUT2D eigenvalue weighted by atomic mass is 9.81. The number of hydrogen-bond acceptors (Lipinski definition) is 3. The second-order valence-electron chi connectivity index (χ2n) is 5.75. The number of hydrogen-bond donors (Lipinski definition) is 1. The Morgan fingerprint density at radius 3 is 2.67 bits per heavy atom. The van der Waals surface area contributed by atoms with Crippen LogP contribution < -0.4 is 5.32 Å². The predicted octanol–water partition coefficient (Wildman–Crippen LogP) is 3.72. The maximum absolute atomic E-state index is 4.52. The lowest BCUT2D eigenvalue weighted by molar-refractivity contribution is 0.269. The summed E-state index contributed by atoms with van der Waals surface area (Å²) in [5.74, 6) is 1.33. The van der Waals surface area contributed by atoms with Crippen molar-refractivity contribution < 1.29 is 0 Å². The Hall–Kier alpha value is -1.64. The van der Waals surface area contributed by atoms with Crippen molar-refractivity contribution in [2.45, 2.75) is 27.7 Å². The van der Waals surface area contributed by atoms with Gasteiger partial charge in [-0.25, -0.2) is 9.97 Å². The first kappa shape index (κ1) is 12.8. The van der Waals surface area contributed by atoms with Gasteiger partial charge in [-0.05, 0) is 17.4 Å². The van der Waals surface area contributed by atoms with E-state index in [4.69, 9.17) is 0 Å². The second-order valence-corrected chi connectivity index (χ2v) is 5.75. The van der Waals surface area contributed by atoms with Crippen LogP contribution in [0.5, 0.6) is 0 Å². The molecule has 0 saturated carbocycles. The fraction of sp³-hybridized carbons (Fsp3) is 0.467. The number of nitrogens with zero attached hydrogens (tertiary/aromatic N) is 2. The standard InChI is InChI=1S/C15H21N3/c1-11(2)15(3,4)10-17-14-16-9-12-7-5-6-8-13(12)18-14/h5-9,11H,10H2,1-4H3,(H,16,17,18). The third kappa shape index (κ3) is 2.78. The van der Waals surface area contributed by atoms with Crippen molar-refractivity contribution in [1.82, 2.24) is 9.97 Å². The molecule has 0 aliphatic heterocycles. The predicted molar refractivity (Wildman–Crippen MR) is 76.6 cm³/mol. The summed E-state index contributed by atoms with van der Waals surface area (Å²) in [5.41, 5.74) is 1.21. The molecule has 2 rings (SSSR count). The third-order valence-electron chi connectivity index (χ3n) is 3.75. The molecule has 0 saturated heterocycles. The van der Waals surface area contributed by atoms with Crippen molar-refractivity contribution in [2.75, 3.05) is 11.9 Å². The van der Waals surface area contributed by atoms with E-state index in [9.17, 15) is 0 Å². The van der Waals surface area contributed by atoms with Gasteiger partial charge in [-0.3, -0.25) is 0 Å². The first-order valence-corrected chi connectivity index (χ1v) is 6.45. The highest BCUT2D eigenvalue weighted by Crippen LogP contribution is 2.26. The van der Waals surface area contributed by atoms with Gasteiger partial charge < -0.3 is 5.32 Å². The van der Waals surface area contributed by atoms with Gasteiger partial charge in [0.2, 0.25) is 5.95 Å². The first-order valence-electron chi connectivity index (χ1n) is 6.45. The molecule has 96 valence electrons. The van der Waals surface area contributed by atoms with Gasteiger partial charge in [0, 0.05) is 18.1 Å². The van der Waals surface area contributed by atoms with Crippen LogP contribution >= 0.6 is 0 Å². The fourth-order valence-corrected chi connectivity index (χ4v) is 1.57.